The van der Waals surface area contributed by atoms with E-state index in [9.17, 15) is 0 Å². The van der Waals surface area contributed by atoms with Gasteiger partial charge in [0.05, 0.1) is 28.6 Å². The lowest BCUT2D eigenvalue weighted by Crippen LogP contribution is -2.49. The van der Waals surface area contributed by atoms with Crippen LogP contribution in [0.4, 0.5) is 5.82 Å². The van der Waals surface area contributed by atoms with Crippen LogP contribution in [0.2, 0.25) is 0 Å². The van der Waals surface area contributed by atoms with Crippen molar-refractivity contribution in [2.24, 2.45) is 0 Å². The summed E-state index contributed by atoms with van der Waals surface area (Å²) in [6.45, 7) is 6.84. The van der Waals surface area contributed by atoms with Crippen molar-refractivity contribution < 1.29 is 0 Å². The molecule has 1 heterocycles. The minimum atomic E-state index is 0.0374. The largest absolute Gasteiger partial charge is 0.375 e. The van der Waals surface area contributed by atoms with Gasteiger partial charge in [-0.15, -0.1) is 6.58 Å². The molecular formula is C29H34N4S. The smallest absolute Gasteiger partial charge is 0.148 e. The van der Waals surface area contributed by atoms with Gasteiger partial charge < -0.3 is 10.2 Å². The van der Waals surface area contributed by atoms with Crippen LogP contribution in [0.15, 0.2) is 79.5 Å². The van der Waals surface area contributed by atoms with E-state index in [4.69, 9.17) is 22.2 Å². The summed E-state index contributed by atoms with van der Waals surface area (Å²) in [7, 11) is 0. The number of anilines is 1. The first kappa shape index (κ1) is 24.1. The average Bonchev–Trinajstić information content (AvgIpc) is 2.90. The van der Waals surface area contributed by atoms with E-state index in [1.807, 2.05) is 48.7 Å². The van der Waals surface area contributed by atoms with Gasteiger partial charge in [-0.05, 0) is 19.3 Å². The van der Waals surface area contributed by atoms with Crippen molar-refractivity contribution in [2.45, 2.75) is 57.5 Å². The van der Waals surface area contributed by atoms with Gasteiger partial charge in [0.2, 0.25) is 0 Å². The fraction of sp³-hybridized carbons (Fsp3) is 0.345. The van der Waals surface area contributed by atoms with Gasteiger partial charge in [0.25, 0.3) is 0 Å². The molecule has 34 heavy (non-hydrogen) atoms. The minimum absolute atomic E-state index is 0.0374. The Balaban J connectivity index is 1.70. The molecule has 1 atom stereocenters. The third-order valence-electron chi connectivity index (χ3n) is 6.49. The van der Waals surface area contributed by atoms with E-state index in [-0.39, 0.29) is 6.04 Å². The van der Waals surface area contributed by atoms with Gasteiger partial charge in [0.1, 0.15) is 5.82 Å². The van der Waals surface area contributed by atoms with E-state index in [0.29, 0.717) is 12.6 Å². The summed E-state index contributed by atoms with van der Waals surface area (Å²) in [6.07, 6.45) is 11.0. The second-order valence-electron chi connectivity index (χ2n) is 8.87. The fourth-order valence-electron chi connectivity index (χ4n) is 4.73. The maximum atomic E-state index is 5.94. The van der Waals surface area contributed by atoms with Crippen molar-refractivity contribution in [3.05, 3.63) is 79.5 Å². The molecule has 1 aliphatic rings. The lowest BCUT2D eigenvalue weighted by atomic mass is 9.95. The fourth-order valence-corrected chi connectivity index (χ4v) is 5.19. The Kier molecular flexibility index (Phi) is 8.42. The van der Waals surface area contributed by atoms with Crippen molar-refractivity contribution in [3.63, 3.8) is 0 Å². The van der Waals surface area contributed by atoms with E-state index >= 15 is 0 Å². The summed E-state index contributed by atoms with van der Waals surface area (Å²) in [6, 6.07) is 21.0. The van der Waals surface area contributed by atoms with Gasteiger partial charge >= 0.3 is 0 Å². The lowest BCUT2D eigenvalue weighted by Gasteiger charge is -2.34. The topological polar surface area (TPSA) is 41.1 Å². The molecule has 2 aromatic carbocycles. The molecule has 1 aliphatic carbocycles. The predicted molar refractivity (Wildman–Crippen MR) is 147 cm³/mol. The first-order valence-electron chi connectivity index (χ1n) is 12.4. The Morgan fingerprint density at radius 3 is 2.24 bits per heavy atom. The average molecular weight is 471 g/mol. The quantitative estimate of drug-likeness (QED) is 0.274. The van der Waals surface area contributed by atoms with Crippen molar-refractivity contribution in [1.82, 2.24) is 15.3 Å². The Morgan fingerprint density at radius 2 is 1.65 bits per heavy atom. The molecule has 0 radical (unpaired) electrons. The first-order valence-corrected chi connectivity index (χ1v) is 12.8. The number of benzene rings is 2. The molecule has 0 amide bonds. The maximum Gasteiger partial charge on any atom is 0.148 e. The van der Waals surface area contributed by atoms with Crippen LogP contribution in [0.3, 0.4) is 0 Å². The number of aromatic nitrogens is 2. The molecular weight excluding hydrogens is 436 g/mol. The lowest BCUT2D eigenvalue weighted by molar-refractivity contribution is 0.411. The van der Waals surface area contributed by atoms with E-state index in [1.54, 1.807) is 0 Å². The molecule has 1 fully saturated rings. The van der Waals surface area contributed by atoms with Crippen molar-refractivity contribution in [3.8, 4) is 22.5 Å². The number of nitrogens with one attached hydrogen (secondary N) is 1. The standard InChI is InChI=1S/C29H34N4S/c1-3-20-33(25(4-2)29(34)31-24-18-12-7-13-19-24)26-21-30-27(22-14-8-5-9-15-22)28(32-26)23-16-10-6-11-17-23/h3,5-6,8-11,14-17,21,24-25H,1,4,7,12-13,18-20H2,2H3,(H,31,34). The summed E-state index contributed by atoms with van der Waals surface area (Å²) >= 11 is 5.94. The molecule has 0 aliphatic heterocycles. The highest BCUT2D eigenvalue weighted by Crippen LogP contribution is 2.31. The molecule has 0 spiro atoms. The zero-order chi connectivity index (χ0) is 23.8. The second kappa shape index (κ2) is 11.9. The zero-order valence-electron chi connectivity index (χ0n) is 20.0. The van der Waals surface area contributed by atoms with Gasteiger partial charge in [-0.2, -0.15) is 0 Å². The van der Waals surface area contributed by atoms with Crippen molar-refractivity contribution in [2.75, 3.05) is 11.4 Å². The van der Waals surface area contributed by atoms with Gasteiger partial charge in [-0.25, -0.2) is 4.98 Å². The molecule has 3 aromatic rings. The number of hydrogen-bond acceptors (Lipinski definition) is 4. The second-order valence-corrected chi connectivity index (χ2v) is 9.31. The van der Waals surface area contributed by atoms with Crippen LogP contribution in [0, 0.1) is 0 Å². The Bertz CT molecular complexity index is 1080. The molecule has 1 N–H and O–H groups in total. The highest BCUT2D eigenvalue weighted by atomic mass is 32.1. The molecule has 0 bridgehead atoms. The van der Waals surface area contributed by atoms with E-state index in [1.165, 1.54) is 32.1 Å². The number of hydrogen-bond donors (Lipinski definition) is 1. The van der Waals surface area contributed by atoms with Crippen LogP contribution in [0.1, 0.15) is 45.4 Å². The van der Waals surface area contributed by atoms with Crippen LogP contribution in [-0.2, 0) is 0 Å². The zero-order valence-corrected chi connectivity index (χ0v) is 20.8. The van der Waals surface area contributed by atoms with Gasteiger partial charge in [0.15, 0.2) is 0 Å². The van der Waals surface area contributed by atoms with Gasteiger partial charge in [0, 0.05) is 23.7 Å². The molecule has 1 unspecified atom stereocenters. The van der Waals surface area contributed by atoms with Crippen LogP contribution < -0.4 is 10.2 Å². The number of rotatable bonds is 9. The normalized spacial score (nSPS) is 14.9. The third kappa shape index (κ3) is 5.71. The van der Waals surface area contributed by atoms with Crippen LogP contribution in [0.5, 0.6) is 0 Å². The van der Waals surface area contributed by atoms with Crippen LogP contribution >= 0.6 is 12.2 Å². The van der Waals surface area contributed by atoms with E-state index in [2.05, 4.69) is 48.0 Å². The molecule has 4 nitrogen and oxygen atoms in total. The monoisotopic (exact) mass is 470 g/mol. The Hall–Kier alpha value is -3.05. The summed E-state index contributed by atoms with van der Waals surface area (Å²) in [4.78, 5) is 13.2. The summed E-state index contributed by atoms with van der Waals surface area (Å²) in [5.74, 6) is 0.818. The summed E-state index contributed by atoms with van der Waals surface area (Å²) in [5, 5.41) is 3.67. The number of thiocarbonyl (C=S) groups is 1. The van der Waals surface area contributed by atoms with Crippen LogP contribution in [-0.4, -0.2) is 33.6 Å². The van der Waals surface area contributed by atoms with Crippen LogP contribution in [0.25, 0.3) is 22.5 Å². The minimum Gasteiger partial charge on any atom is -0.375 e. The molecule has 176 valence electrons. The molecule has 1 saturated carbocycles. The first-order chi connectivity index (χ1) is 16.7. The molecule has 0 saturated heterocycles. The SMILES string of the molecule is C=CCN(c1cnc(-c2ccccc2)c(-c2ccccc2)n1)C(CC)C(=S)NC1CCCCC1. The molecule has 4 rings (SSSR count). The highest BCUT2D eigenvalue weighted by molar-refractivity contribution is 7.80. The highest BCUT2D eigenvalue weighted by Gasteiger charge is 2.26. The number of nitrogens with zero attached hydrogens (tertiary/aromatic N) is 3. The van der Waals surface area contributed by atoms with Crippen molar-refractivity contribution in [1.29, 1.82) is 0 Å². The van der Waals surface area contributed by atoms with Gasteiger partial charge in [-0.3, -0.25) is 4.98 Å². The predicted octanol–water partition coefficient (Wildman–Crippen LogP) is 6.83. The van der Waals surface area contributed by atoms with E-state index < -0.39 is 0 Å². The van der Waals surface area contributed by atoms with Crippen molar-refractivity contribution >= 4 is 23.0 Å². The third-order valence-corrected chi connectivity index (χ3v) is 6.88. The summed E-state index contributed by atoms with van der Waals surface area (Å²) < 4.78 is 0. The van der Waals surface area contributed by atoms with Gasteiger partial charge in [-0.1, -0.05) is 105 Å². The Labute approximate surface area is 209 Å². The molecule has 1 aromatic heterocycles. The van der Waals surface area contributed by atoms with E-state index in [0.717, 1.165) is 39.7 Å². The summed E-state index contributed by atoms with van der Waals surface area (Å²) in [5.41, 5.74) is 3.85. The maximum absolute atomic E-state index is 5.94. The Morgan fingerprint density at radius 1 is 1.03 bits per heavy atom. The molecule has 5 heteroatoms.